The first-order valence-electron chi connectivity index (χ1n) is 6.99. The van der Waals surface area contributed by atoms with Crippen molar-refractivity contribution >= 4 is 11.6 Å². The molecule has 118 valence electrons. The van der Waals surface area contributed by atoms with E-state index in [-0.39, 0.29) is 5.69 Å². The highest BCUT2D eigenvalue weighted by Gasteiger charge is 2.30. The van der Waals surface area contributed by atoms with Crippen molar-refractivity contribution in [3.05, 3.63) is 29.8 Å². The maximum Gasteiger partial charge on any atom is 0.416 e. The summed E-state index contributed by atoms with van der Waals surface area (Å²) in [6.45, 7) is 1.24. The van der Waals surface area contributed by atoms with Gasteiger partial charge in [-0.05, 0) is 31.0 Å². The standard InChI is InChI=1S/C9H8F3NO.C6H13N/c1-6(14)13-8-4-2-3-7(5-8)9(10,11)12;7-6-4-2-1-3-5-6/h2-5H,1H3,(H,13,14);6H,1-5,7H2. The molecule has 1 amide bonds. The van der Waals surface area contributed by atoms with Gasteiger partial charge in [0.25, 0.3) is 0 Å². The van der Waals surface area contributed by atoms with Crippen molar-refractivity contribution in [1.82, 2.24) is 0 Å². The van der Waals surface area contributed by atoms with E-state index in [1.54, 1.807) is 0 Å². The smallest absolute Gasteiger partial charge is 0.328 e. The van der Waals surface area contributed by atoms with Crippen LogP contribution in [0.3, 0.4) is 0 Å². The second-order valence-electron chi connectivity index (χ2n) is 5.16. The topological polar surface area (TPSA) is 55.1 Å². The predicted octanol–water partition coefficient (Wildman–Crippen LogP) is 3.94. The number of rotatable bonds is 1. The molecule has 3 nitrogen and oxygen atoms in total. The molecule has 0 saturated heterocycles. The summed E-state index contributed by atoms with van der Waals surface area (Å²) in [6.07, 6.45) is 2.28. The number of carbonyl (C=O) groups excluding carboxylic acids is 1. The van der Waals surface area contributed by atoms with Crippen molar-refractivity contribution in [2.45, 2.75) is 51.2 Å². The van der Waals surface area contributed by atoms with E-state index in [2.05, 4.69) is 5.32 Å². The van der Waals surface area contributed by atoms with Gasteiger partial charge in [0, 0.05) is 18.7 Å². The summed E-state index contributed by atoms with van der Waals surface area (Å²) >= 11 is 0. The summed E-state index contributed by atoms with van der Waals surface area (Å²) in [6, 6.07) is 5.02. The van der Waals surface area contributed by atoms with Crippen LogP contribution in [0.2, 0.25) is 0 Å². The molecule has 0 heterocycles. The Morgan fingerprint density at radius 1 is 1.24 bits per heavy atom. The van der Waals surface area contributed by atoms with Gasteiger partial charge in [0.2, 0.25) is 5.91 Å². The molecule has 0 unspecified atom stereocenters. The number of halogens is 3. The minimum atomic E-state index is -4.38. The Bertz CT molecular complexity index is 454. The van der Waals surface area contributed by atoms with Gasteiger partial charge in [-0.1, -0.05) is 25.3 Å². The van der Waals surface area contributed by atoms with Gasteiger partial charge in [-0.3, -0.25) is 4.79 Å². The van der Waals surface area contributed by atoms with Gasteiger partial charge in [-0.2, -0.15) is 13.2 Å². The molecule has 0 bridgehead atoms. The Hall–Kier alpha value is -1.56. The lowest BCUT2D eigenvalue weighted by Crippen LogP contribution is -2.22. The molecule has 1 aliphatic carbocycles. The lowest BCUT2D eigenvalue weighted by molar-refractivity contribution is -0.137. The van der Waals surface area contributed by atoms with Crippen LogP contribution in [0.5, 0.6) is 0 Å². The first-order valence-corrected chi connectivity index (χ1v) is 6.99. The third-order valence-electron chi connectivity index (χ3n) is 3.16. The fourth-order valence-electron chi connectivity index (χ4n) is 2.11. The van der Waals surface area contributed by atoms with Crippen LogP contribution < -0.4 is 11.1 Å². The highest BCUT2D eigenvalue weighted by atomic mass is 19.4. The minimum absolute atomic E-state index is 0.146. The maximum atomic E-state index is 12.2. The molecule has 1 fully saturated rings. The monoisotopic (exact) mass is 302 g/mol. The molecule has 0 aliphatic heterocycles. The molecule has 0 radical (unpaired) electrons. The molecule has 2 rings (SSSR count). The summed E-state index contributed by atoms with van der Waals surface area (Å²) < 4.78 is 36.6. The van der Waals surface area contributed by atoms with Crippen LogP contribution in [0.25, 0.3) is 0 Å². The van der Waals surface area contributed by atoms with Crippen LogP contribution in [0.1, 0.15) is 44.6 Å². The highest BCUT2D eigenvalue weighted by molar-refractivity contribution is 5.88. The highest BCUT2D eigenvalue weighted by Crippen LogP contribution is 2.30. The van der Waals surface area contributed by atoms with Crippen LogP contribution in [-0.2, 0) is 11.0 Å². The number of amides is 1. The summed E-state index contributed by atoms with van der Waals surface area (Å²) in [5.41, 5.74) is 5.01. The van der Waals surface area contributed by atoms with Crippen LogP contribution in [0.15, 0.2) is 24.3 Å². The van der Waals surface area contributed by atoms with E-state index in [0.717, 1.165) is 12.1 Å². The summed E-state index contributed by atoms with van der Waals surface area (Å²) in [7, 11) is 0. The Morgan fingerprint density at radius 3 is 2.29 bits per heavy atom. The van der Waals surface area contributed by atoms with Crippen molar-refractivity contribution in [3.8, 4) is 0 Å². The first-order chi connectivity index (χ1) is 9.79. The molecule has 21 heavy (non-hydrogen) atoms. The first kappa shape index (κ1) is 17.5. The van der Waals surface area contributed by atoms with Gasteiger partial charge in [0.05, 0.1) is 5.56 Å². The average molecular weight is 302 g/mol. The van der Waals surface area contributed by atoms with E-state index < -0.39 is 17.6 Å². The average Bonchev–Trinajstić information content (AvgIpc) is 2.39. The van der Waals surface area contributed by atoms with E-state index in [1.807, 2.05) is 0 Å². The molecule has 0 spiro atoms. The minimum Gasteiger partial charge on any atom is -0.328 e. The van der Waals surface area contributed by atoms with Crippen molar-refractivity contribution in [2.24, 2.45) is 5.73 Å². The Kier molecular flexibility index (Phi) is 6.68. The van der Waals surface area contributed by atoms with Gasteiger partial charge in [-0.25, -0.2) is 0 Å². The zero-order valence-corrected chi connectivity index (χ0v) is 12.0. The van der Waals surface area contributed by atoms with Gasteiger partial charge in [0.1, 0.15) is 0 Å². The third kappa shape index (κ3) is 7.13. The van der Waals surface area contributed by atoms with E-state index >= 15 is 0 Å². The molecule has 1 saturated carbocycles. The van der Waals surface area contributed by atoms with Crippen molar-refractivity contribution in [3.63, 3.8) is 0 Å². The third-order valence-corrected chi connectivity index (χ3v) is 3.16. The van der Waals surface area contributed by atoms with Gasteiger partial charge in [0.15, 0.2) is 0 Å². The Morgan fingerprint density at radius 2 is 1.86 bits per heavy atom. The second kappa shape index (κ2) is 8.02. The lowest BCUT2D eigenvalue weighted by atomic mass is 9.97. The van der Waals surface area contributed by atoms with Crippen LogP contribution in [-0.4, -0.2) is 11.9 Å². The van der Waals surface area contributed by atoms with Gasteiger partial charge >= 0.3 is 6.18 Å². The summed E-state index contributed by atoms with van der Waals surface area (Å²) in [5.74, 6) is -0.399. The van der Waals surface area contributed by atoms with Crippen LogP contribution >= 0.6 is 0 Å². The number of hydrogen-bond donors (Lipinski definition) is 2. The number of nitrogens with one attached hydrogen (secondary N) is 1. The fourth-order valence-corrected chi connectivity index (χ4v) is 2.11. The number of nitrogens with two attached hydrogens (primary N) is 1. The van der Waals surface area contributed by atoms with E-state index in [9.17, 15) is 18.0 Å². The molecule has 1 aromatic rings. The fraction of sp³-hybridized carbons (Fsp3) is 0.533. The number of benzene rings is 1. The zero-order valence-electron chi connectivity index (χ0n) is 12.0. The van der Waals surface area contributed by atoms with Gasteiger partial charge in [-0.15, -0.1) is 0 Å². The Balaban J connectivity index is 0.000000262. The summed E-state index contributed by atoms with van der Waals surface area (Å²) in [5, 5.41) is 2.28. The van der Waals surface area contributed by atoms with Gasteiger partial charge < -0.3 is 11.1 Å². The van der Waals surface area contributed by atoms with Crippen LogP contribution in [0.4, 0.5) is 18.9 Å². The normalized spacial score (nSPS) is 15.9. The molecule has 6 heteroatoms. The number of carbonyl (C=O) groups is 1. The van der Waals surface area contributed by atoms with Crippen molar-refractivity contribution in [2.75, 3.05) is 5.32 Å². The van der Waals surface area contributed by atoms with Crippen molar-refractivity contribution < 1.29 is 18.0 Å². The predicted molar refractivity (Wildman–Crippen MR) is 76.8 cm³/mol. The second-order valence-corrected chi connectivity index (χ2v) is 5.16. The lowest BCUT2D eigenvalue weighted by Gasteiger charge is -2.15. The Labute approximate surface area is 122 Å². The molecule has 0 atom stereocenters. The quantitative estimate of drug-likeness (QED) is 0.825. The number of alkyl halides is 3. The zero-order chi connectivity index (χ0) is 15.9. The summed E-state index contributed by atoms with van der Waals surface area (Å²) in [4.78, 5) is 10.6. The maximum absolute atomic E-state index is 12.2. The van der Waals surface area contributed by atoms with Crippen LogP contribution in [0, 0.1) is 0 Å². The van der Waals surface area contributed by atoms with E-state index in [0.29, 0.717) is 6.04 Å². The molecular formula is C15H21F3N2O. The molecule has 1 aromatic carbocycles. The number of hydrogen-bond acceptors (Lipinski definition) is 2. The molecule has 3 N–H and O–H groups in total. The van der Waals surface area contributed by atoms with E-state index in [4.69, 9.17) is 5.73 Å². The largest absolute Gasteiger partial charge is 0.416 e. The molecular weight excluding hydrogens is 281 g/mol. The molecule has 1 aliphatic rings. The number of anilines is 1. The SMILES string of the molecule is CC(=O)Nc1cccc(C(F)(F)F)c1.NC1CCCCC1. The van der Waals surface area contributed by atoms with E-state index in [1.165, 1.54) is 51.2 Å². The molecule has 0 aromatic heterocycles. The van der Waals surface area contributed by atoms with Crippen molar-refractivity contribution in [1.29, 1.82) is 0 Å².